The van der Waals surface area contributed by atoms with Gasteiger partial charge in [-0.2, -0.15) is 0 Å². The number of carbonyl (C=O) groups excluding carboxylic acids is 1. The van der Waals surface area contributed by atoms with Gasteiger partial charge in [-0.15, -0.1) is 0 Å². The maximum absolute atomic E-state index is 12.3. The molecule has 1 rings (SSSR count). The molecule has 18 heavy (non-hydrogen) atoms. The lowest BCUT2D eigenvalue weighted by Crippen LogP contribution is -2.50. The fourth-order valence-electron chi connectivity index (χ4n) is 2.39. The first-order valence-electron chi connectivity index (χ1n) is 6.37. The van der Waals surface area contributed by atoms with E-state index in [0.717, 1.165) is 38.5 Å². The van der Waals surface area contributed by atoms with E-state index in [-0.39, 0.29) is 5.91 Å². The van der Waals surface area contributed by atoms with E-state index < -0.39 is 16.2 Å². The van der Waals surface area contributed by atoms with Crippen molar-refractivity contribution in [3.05, 3.63) is 0 Å². The Morgan fingerprint density at radius 2 is 2.00 bits per heavy atom. The lowest BCUT2D eigenvalue weighted by atomic mass is 9.73. The van der Waals surface area contributed by atoms with Gasteiger partial charge in [0, 0.05) is 29.4 Å². The predicted octanol–water partition coefficient (Wildman–Crippen LogP) is 1.11. The molecule has 4 nitrogen and oxygen atoms in total. The molecule has 6 heteroatoms. The molecule has 0 heterocycles. The first-order chi connectivity index (χ1) is 8.49. The monoisotopic (exact) mass is 290 g/mol. The molecule has 0 bridgehead atoms. The third kappa shape index (κ3) is 4.02. The van der Waals surface area contributed by atoms with Crippen LogP contribution in [0.4, 0.5) is 0 Å². The minimum atomic E-state index is -0.806. The van der Waals surface area contributed by atoms with Gasteiger partial charge in [0.15, 0.2) is 0 Å². The molecular weight excluding hydrogens is 268 g/mol. The number of hydrogen-bond acceptors (Lipinski definition) is 3. The van der Waals surface area contributed by atoms with Crippen LogP contribution in [0, 0.1) is 5.41 Å². The molecular formula is C12H22N2O2S2. The van der Waals surface area contributed by atoms with E-state index in [1.807, 2.05) is 0 Å². The highest BCUT2D eigenvalue weighted by Gasteiger charge is 2.41. The molecule has 1 fully saturated rings. The standard InChI is InChI=1S/C12H22N2O2S2/c1-18(16)9-5-8-14-11(15)12(10(13)17)6-3-2-4-7-12/h2-9H2,1H3,(H2,13,17)(H,14,15). The average molecular weight is 290 g/mol. The summed E-state index contributed by atoms with van der Waals surface area (Å²) in [5.41, 5.74) is 5.14. The van der Waals surface area contributed by atoms with Crippen molar-refractivity contribution in [1.82, 2.24) is 5.32 Å². The summed E-state index contributed by atoms with van der Waals surface area (Å²) in [7, 11) is -0.806. The van der Waals surface area contributed by atoms with E-state index >= 15 is 0 Å². The summed E-state index contributed by atoms with van der Waals surface area (Å²) in [4.78, 5) is 12.6. The predicted molar refractivity (Wildman–Crippen MR) is 78.9 cm³/mol. The van der Waals surface area contributed by atoms with Gasteiger partial charge in [-0.25, -0.2) is 0 Å². The van der Waals surface area contributed by atoms with Crippen molar-refractivity contribution in [1.29, 1.82) is 0 Å². The van der Waals surface area contributed by atoms with Crippen LogP contribution < -0.4 is 11.1 Å². The molecule has 104 valence electrons. The van der Waals surface area contributed by atoms with E-state index in [4.69, 9.17) is 18.0 Å². The molecule has 1 atom stereocenters. The van der Waals surface area contributed by atoms with Gasteiger partial charge in [0.25, 0.3) is 0 Å². The molecule has 0 aromatic rings. The summed E-state index contributed by atoms with van der Waals surface area (Å²) >= 11 is 5.09. The maximum Gasteiger partial charge on any atom is 0.233 e. The largest absolute Gasteiger partial charge is 0.392 e. The minimum absolute atomic E-state index is 0.0448. The number of amides is 1. The van der Waals surface area contributed by atoms with Gasteiger partial charge in [0.05, 0.1) is 10.4 Å². The summed E-state index contributed by atoms with van der Waals surface area (Å²) in [6.45, 7) is 0.544. The number of carbonyl (C=O) groups is 1. The van der Waals surface area contributed by atoms with Gasteiger partial charge in [0.2, 0.25) is 5.91 Å². The van der Waals surface area contributed by atoms with E-state index in [1.165, 1.54) is 0 Å². The molecule has 1 aliphatic rings. The van der Waals surface area contributed by atoms with Crippen molar-refractivity contribution in [2.24, 2.45) is 11.1 Å². The third-order valence-electron chi connectivity index (χ3n) is 3.51. The minimum Gasteiger partial charge on any atom is -0.392 e. The lowest BCUT2D eigenvalue weighted by molar-refractivity contribution is -0.128. The summed E-state index contributed by atoms with van der Waals surface area (Å²) in [6.07, 6.45) is 7.06. The first kappa shape index (κ1) is 15.6. The highest BCUT2D eigenvalue weighted by atomic mass is 32.2. The zero-order valence-corrected chi connectivity index (χ0v) is 12.5. The van der Waals surface area contributed by atoms with Gasteiger partial charge < -0.3 is 11.1 Å². The van der Waals surface area contributed by atoms with Gasteiger partial charge in [-0.05, 0) is 19.3 Å². The summed E-state index contributed by atoms with van der Waals surface area (Å²) in [5, 5.41) is 2.89. The maximum atomic E-state index is 12.3. The number of nitrogens with two attached hydrogens (primary N) is 1. The normalized spacial score (nSPS) is 20.1. The third-order valence-corrected chi connectivity index (χ3v) is 4.76. The van der Waals surface area contributed by atoms with Crippen LogP contribution in [0.25, 0.3) is 0 Å². The zero-order chi connectivity index (χ0) is 13.6. The van der Waals surface area contributed by atoms with Crippen molar-refractivity contribution >= 4 is 33.9 Å². The summed E-state index contributed by atoms with van der Waals surface area (Å²) < 4.78 is 10.9. The smallest absolute Gasteiger partial charge is 0.233 e. The molecule has 1 saturated carbocycles. The van der Waals surface area contributed by atoms with Crippen LogP contribution in [-0.2, 0) is 15.6 Å². The molecule has 0 saturated heterocycles. The fraction of sp³-hybridized carbons (Fsp3) is 0.833. The van der Waals surface area contributed by atoms with Crippen molar-refractivity contribution in [3.63, 3.8) is 0 Å². The molecule has 0 aliphatic heterocycles. The second kappa shape index (κ2) is 7.19. The van der Waals surface area contributed by atoms with Crippen LogP contribution >= 0.6 is 12.2 Å². The molecule has 1 unspecified atom stereocenters. The van der Waals surface area contributed by atoms with E-state index in [0.29, 0.717) is 17.3 Å². The SMILES string of the molecule is CS(=O)CCCNC(=O)C1(C(N)=S)CCCCC1. The highest BCUT2D eigenvalue weighted by Crippen LogP contribution is 2.36. The number of rotatable bonds is 6. The van der Waals surface area contributed by atoms with Gasteiger partial charge in [0.1, 0.15) is 0 Å². The van der Waals surface area contributed by atoms with Crippen molar-refractivity contribution < 1.29 is 9.00 Å². The Balaban J connectivity index is 2.50. The first-order valence-corrected chi connectivity index (χ1v) is 8.51. The van der Waals surface area contributed by atoms with Crippen LogP contribution in [0.3, 0.4) is 0 Å². The molecule has 0 aromatic heterocycles. The number of thiocarbonyl (C=S) groups is 1. The van der Waals surface area contributed by atoms with Crippen molar-refractivity contribution in [3.8, 4) is 0 Å². The Labute approximate surface area is 117 Å². The van der Waals surface area contributed by atoms with Gasteiger partial charge in [-0.3, -0.25) is 9.00 Å². The second-order valence-corrected chi connectivity index (χ2v) is 6.89. The van der Waals surface area contributed by atoms with Crippen LogP contribution in [0.15, 0.2) is 0 Å². The zero-order valence-electron chi connectivity index (χ0n) is 10.9. The molecule has 0 aromatic carbocycles. The highest BCUT2D eigenvalue weighted by molar-refractivity contribution is 7.84. The Bertz CT molecular complexity index is 339. The Morgan fingerprint density at radius 3 is 2.50 bits per heavy atom. The Hall–Kier alpha value is -0.490. The van der Waals surface area contributed by atoms with Crippen LogP contribution in [-0.4, -0.2) is 33.7 Å². The van der Waals surface area contributed by atoms with Crippen LogP contribution in [0.2, 0.25) is 0 Å². The molecule has 1 amide bonds. The van der Waals surface area contributed by atoms with Crippen LogP contribution in [0.1, 0.15) is 38.5 Å². The van der Waals surface area contributed by atoms with E-state index in [2.05, 4.69) is 5.32 Å². The number of hydrogen-bond donors (Lipinski definition) is 2. The van der Waals surface area contributed by atoms with E-state index in [1.54, 1.807) is 6.26 Å². The van der Waals surface area contributed by atoms with Crippen molar-refractivity contribution in [2.45, 2.75) is 38.5 Å². The Morgan fingerprint density at radius 1 is 1.39 bits per heavy atom. The van der Waals surface area contributed by atoms with Crippen LogP contribution in [0.5, 0.6) is 0 Å². The molecule has 0 radical (unpaired) electrons. The van der Waals surface area contributed by atoms with Crippen molar-refractivity contribution in [2.75, 3.05) is 18.6 Å². The Kier molecular flexibility index (Phi) is 6.21. The molecule has 3 N–H and O–H groups in total. The quantitative estimate of drug-likeness (QED) is 0.568. The topological polar surface area (TPSA) is 72.2 Å². The lowest BCUT2D eigenvalue weighted by Gasteiger charge is -2.34. The number of nitrogens with one attached hydrogen (secondary N) is 1. The average Bonchev–Trinajstić information content (AvgIpc) is 2.34. The van der Waals surface area contributed by atoms with E-state index in [9.17, 15) is 9.00 Å². The summed E-state index contributed by atoms with van der Waals surface area (Å²) in [5.74, 6) is 0.567. The van der Waals surface area contributed by atoms with Gasteiger partial charge >= 0.3 is 0 Å². The second-order valence-electron chi connectivity index (χ2n) is 4.89. The fourth-order valence-corrected chi connectivity index (χ4v) is 3.23. The molecule has 0 spiro atoms. The summed E-state index contributed by atoms with van der Waals surface area (Å²) in [6, 6.07) is 0. The molecule has 1 aliphatic carbocycles. The van der Waals surface area contributed by atoms with Gasteiger partial charge in [-0.1, -0.05) is 31.5 Å².